The fraction of sp³-hybridized carbons (Fsp3) is 0.0870. The third kappa shape index (κ3) is 3.55. The van der Waals surface area contributed by atoms with E-state index in [1.165, 1.54) is 6.20 Å². The van der Waals surface area contributed by atoms with Crippen molar-refractivity contribution in [3.05, 3.63) is 90.1 Å². The summed E-state index contributed by atoms with van der Waals surface area (Å²) < 4.78 is 0. The molecule has 0 saturated carbocycles. The molecule has 0 unspecified atom stereocenters. The van der Waals surface area contributed by atoms with Crippen LogP contribution in [0.25, 0.3) is 21.7 Å². The summed E-state index contributed by atoms with van der Waals surface area (Å²) in [5.41, 5.74) is 7.73. The van der Waals surface area contributed by atoms with Crippen LogP contribution < -0.4 is 11.1 Å². The molecule has 0 aliphatic carbocycles. The van der Waals surface area contributed by atoms with Gasteiger partial charge in [0.25, 0.3) is 5.91 Å². The number of hydrogen-bond donors (Lipinski definition) is 2. The Morgan fingerprint density at radius 2 is 1.64 bits per heavy atom. The Kier molecular flexibility index (Phi) is 4.72. The van der Waals surface area contributed by atoms with E-state index in [1.807, 2.05) is 66.7 Å². The molecule has 0 fully saturated rings. The lowest BCUT2D eigenvalue weighted by atomic mass is 9.98. The number of amides is 2. The Morgan fingerprint density at radius 3 is 2.46 bits per heavy atom. The second-order valence-corrected chi connectivity index (χ2v) is 6.69. The van der Waals surface area contributed by atoms with Crippen LogP contribution in [0.4, 0.5) is 0 Å². The maximum atomic E-state index is 12.7. The highest BCUT2D eigenvalue weighted by atomic mass is 16.2. The first-order valence-corrected chi connectivity index (χ1v) is 9.03. The van der Waals surface area contributed by atoms with Gasteiger partial charge in [0.15, 0.2) is 0 Å². The minimum Gasteiger partial charge on any atom is -0.368 e. The summed E-state index contributed by atoms with van der Waals surface area (Å²) in [5, 5.41) is 5.73. The number of pyridine rings is 1. The van der Waals surface area contributed by atoms with Crippen LogP contribution in [0.15, 0.2) is 79.0 Å². The number of rotatable bonds is 5. The standard InChI is InChI=1S/C23H19N3O2/c24-22(27)21(13-16-9-5-8-15-6-1-3-10-19(15)16)26-23(28)18-12-17-7-2-4-11-20(17)25-14-18/h1-12,14,21H,13H2,(H2,24,27)(H,26,28)/t21-/m0/s1. The van der Waals surface area contributed by atoms with Crippen LogP contribution in [0.1, 0.15) is 15.9 Å². The van der Waals surface area contributed by atoms with Crippen molar-refractivity contribution in [2.45, 2.75) is 12.5 Å². The summed E-state index contributed by atoms with van der Waals surface area (Å²) in [4.78, 5) is 29.0. The highest BCUT2D eigenvalue weighted by molar-refractivity contribution is 5.99. The van der Waals surface area contributed by atoms with Crippen LogP contribution in [0.5, 0.6) is 0 Å². The number of nitrogens with one attached hydrogen (secondary N) is 1. The summed E-state index contributed by atoms with van der Waals surface area (Å²) in [7, 11) is 0. The van der Waals surface area contributed by atoms with Gasteiger partial charge in [0.1, 0.15) is 6.04 Å². The average molecular weight is 369 g/mol. The van der Waals surface area contributed by atoms with E-state index in [0.717, 1.165) is 27.2 Å². The predicted molar refractivity (Wildman–Crippen MR) is 110 cm³/mol. The minimum absolute atomic E-state index is 0.323. The third-order valence-electron chi connectivity index (χ3n) is 4.81. The monoisotopic (exact) mass is 369 g/mol. The van der Waals surface area contributed by atoms with Gasteiger partial charge >= 0.3 is 0 Å². The van der Waals surface area contributed by atoms with Gasteiger partial charge in [0, 0.05) is 18.0 Å². The number of carbonyl (C=O) groups is 2. The van der Waals surface area contributed by atoms with Gasteiger partial charge in [-0.25, -0.2) is 0 Å². The summed E-state index contributed by atoms with van der Waals surface area (Å²) in [6.07, 6.45) is 1.83. The molecule has 4 rings (SSSR count). The summed E-state index contributed by atoms with van der Waals surface area (Å²) in [6.45, 7) is 0. The first-order chi connectivity index (χ1) is 13.6. The largest absolute Gasteiger partial charge is 0.368 e. The van der Waals surface area contributed by atoms with Crippen molar-refractivity contribution in [2.24, 2.45) is 5.73 Å². The zero-order chi connectivity index (χ0) is 19.5. The fourth-order valence-electron chi connectivity index (χ4n) is 3.35. The normalized spacial score (nSPS) is 12.0. The SMILES string of the molecule is NC(=O)[C@H](Cc1cccc2ccccc12)NC(=O)c1cnc2ccccc2c1. The minimum atomic E-state index is -0.815. The van der Waals surface area contributed by atoms with Gasteiger partial charge in [-0.1, -0.05) is 60.7 Å². The number of benzene rings is 3. The molecule has 0 spiro atoms. The lowest BCUT2D eigenvalue weighted by Gasteiger charge is -2.17. The number of fused-ring (bicyclic) bond motifs is 2. The number of nitrogens with zero attached hydrogens (tertiary/aromatic N) is 1. The van der Waals surface area contributed by atoms with Gasteiger partial charge in [0.05, 0.1) is 11.1 Å². The van der Waals surface area contributed by atoms with Gasteiger partial charge < -0.3 is 11.1 Å². The molecular formula is C23H19N3O2. The van der Waals surface area contributed by atoms with E-state index in [-0.39, 0.29) is 5.91 Å². The van der Waals surface area contributed by atoms with Gasteiger partial charge in [-0.05, 0) is 28.5 Å². The number of para-hydroxylation sites is 1. The first-order valence-electron chi connectivity index (χ1n) is 9.03. The van der Waals surface area contributed by atoms with Crippen molar-refractivity contribution in [3.8, 4) is 0 Å². The topological polar surface area (TPSA) is 85.1 Å². The maximum absolute atomic E-state index is 12.7. The van der Waals surface area contributed by atoms with Crippen LogP contribution in [0.3, 0.4) is 0 Å². The Bertz CT molecular complexity index is 1180. The van der Waals surface area contributed by atoms with Crippen LogP contribution in [-0.2, 0) is 11.2 Å². The molecule has 28 heavy (non-hydrogen) atoms. The molecule has 4 aromatic rings. The van der Waals surface area contributed by atoms with Crippen molar-refractivity contribution in [1.82, 2.24) is 10.3 Å². The molecule has 3 N–H and O–H groups in total. The van der Waals surface area contributed by atoms with Crippen molar-refractivity contribution < 1.29 is 9.59 Å². The average Bonchev–Trinajstić information content (AvgIpc) is 2.73. The highest BCUT2D eigenvalue weighted by Gasteiger charge is 2.20. The second kappa shape index (κ2) is 7.48. The van der Waals surface area contributed by atoms with Gasteiger partial charge in [-0.2, -0.15) is 0 Å². The molecule has 3 aromatic carbocycles. The lowest BCUT2D eigenvalue weighted by molar-refractivity contribution is -0.119. The Morgan fingerprint density at radius 1 is 0.929 bits per heavy atom. The van der Waals surface area contributed by atoms with E-state index in [4.69, 9.17) is 5.73 Å². The van der Waals surface area contributed by atoms with E-state index in [2.05, 4.69) is 10.3 Å². The van der Waals surface area contributed by atoms with E-state index < -0.39 is 11.9 Å². The smallest absolute Gasteiger partial charge is 0.253 e. The molecule has 0 bridgehead atoms. The second-order valence-electron chi connectivity index (χ2n) is 6.69. The molecule has 1 aromatic heterocycles. The number of aromatic nitrogens is 1. The van der Waals surface area contributed by atoms with Crippen LogP contribution in [-0.4, -0.2) is 22.8 Å². The molecule has 0 aliphatic rings. The van der Waals surface area contributed by atoms with Crippen molar-refractivity contribution in [2.75, 3.05) is 0 Å². The summed E-state index contributed by atoms with van der Waals surface area (Å²) >= 11 is 0. The van der Waals surface area contributed by atoms with E-state index in [1.54, 1.807) is 6.07 Å². The van der Waals surface area contributed by atoms with Crippen molar-refractivity contribution in [1.29, 1.82) is 0 Å². The Labute approximate surface area is 162 Å². The van der Waals surface area contributed by atoms with Gasteiger partial charge in [-0.3, -0.25) is 14.6 Å². The Hall–Kier alpha value is -3.73. The number of primary amides is 1. The molecule has 0 aliphatic heterocycles. The molecule has 5 nitrogen and oxygen atoms in total. The van der Waals surface area contributed by atoms with Crippen LogP contribution >= 0.6 is 0 Å². The zero-order valence-corrected chi connectivity index (χ0v) is 15.1. The van der Waals surface area contributed by atoms with Crippen molar-refractivity contribution in [3.63, 3.8) is 0 Å². The number of nitrogens with two attached hydrogens (primary N) is 1. The molecule has 2 amide bonds. The predicted octanol–water partition coefficient (Wildman–Crippen LogP) is 3.21. The maximum Gasteiger partial charge on any atom is 0.253 e. The lowest BCUT2D eigenvalue weighted by Crippen LogP contribution is -2.45. The molecule has 1 heterocycles. The molecule has 138 valence electrons. The third-order valence-corrected chi connectivity index (χ3v) is 4.81. The van der Waals surface area contributed by atoms with Gasteiger partial charge in [-0.15, -0.1) is 0 Å². The first kappa shape index (κ1) is 17.7. The number of hydrogen-bond acceptors (Lipinski definition) is 3. The molecular weight excluding hydrogens is 350 g/mol. The highest BCUT2D eigenvalue weighted by Crippen LogP contribution is 2.20. The quantitative estimate of drug-likeness (QED) is 0.566. The molecule has 0 saturated heterocycles. The molecule has 5 heteroatoms. The van der Waals surface area contributed by atoms with E-state index in [0.29, 0.717) is 12.0 Å². The fourth-order valence-corrected chi connectivity index (χ4v) is 3.35. The van der Waals surface area contributed by atoms with Crippen LogP contribution in [0, 0.1) is 0 Å². The zero-order valence-electron chi connectivity index (χ0n) is 15.1. The molecule has 1 atom stereocenters. The van der Waals surface area contributed by atoms with E-state index >= 15 is 0 Å². The van der Waals surface area contributed by atoms with Gasteiger partial charge in [0.2, 0.25) is 5.91 Å². The molecule has 0 radical (unpaired) electrons. The van der Waals surface area contributed by atoms with Crippen molar-refractivity contribution >= 4 is 33.5 Å². The Balaban J connectivity index is 1.59. The van der Waals surface area contributed by atoms with Crippen LogP contribution in [0.2, 0.25) is 0 Å². The summed E-state index contributed by atoms with van der Waals surface area (Å²) in [6, 6.07) is 22.3. The number of carbonyl (C=O) groups excluding carboxylic acids is 2. The van der Waals surface area contributed by atoms with E-state index in [9.17, 15) is 9.59 Å². The summed E-state index contributed by atoms with van der Waals surface area (Å²) in [5.74, 6) is -0.947.